The van der Waals surface area contributed by atoms with Crippen molar-refractivity contribution in [1.82, 2.24) is 4.90 Å². The van der Waals surface area contributed by atoms with E-state index in [2.05, 4.69) is 39.8 Å². The fourth-order valence-corrected chi connectivity index (χ4v) is 0.969. The Balaban J connectivity index is 3.90. The molecule has 0 heterocycles. The summed E-state index contributed by atoms with van der Waals surface area (Å²) >= 11 is 0. The van der Waals surface area contributed by atoms with Gasteiger partial charge in [0, 0.05) is 13.7 Å². The van der Waals surface area contributed by atoms with Crippen molar-refractivity contribution in [2.45, 2.75) is 26.4 Å². The lowest BCUT2D eigenvalue weighted by atomic mass is 9.92. The summed E-state index contributed by atoms with van der Waals surface area (Å²) in [5.41, 5.74) is -0.00965. The summed E-state index contributed by atoms with van der Waals surface area (Å²) in [7, 11) is 5.94. The van der Waals surface area contributed by atoms with Gasteiger partial charge in [-0.2, -0.15) is 0 Å². The van der Waals surface area contributed by atoms with Gasteiger partial charge in [-0.1, -0.05) is 6.92 Å². The Morgan fingerprint density at radius 3 is 2.09 bits per heavy atom. The van der Waals surface area contributed by atoms with Crippen molar-refractivity contribution < 1.29 is 4.74 Å². The molecule has 0 amide bonds. The lowest BCUT2D eigenvalue weighted by Crippen LogP contribution is -2.37. The molecule has 1 atom stereocenters. The van der Waals surface area contributed by atoms with Crippen LogP contribution in [0.2, 0.25) is 0 Å². The molecule has 0 saturated heterocycles. The Bertz CT molecular complexity index is 110. The van der Waals surface area contributed by atoms with Gasteiger partial charge in [0.1, 0.15) is 0 Å². The highest BCUT2D eigenvalue weighted by atomic mass is 16.5. The van der Waals surface area contributed by atoms with Crippen LogP contribution >= 0.6 is 0 Å². The molecule has 0 aromatic carbocycles. The van der Waals surface area contributed by atoms with Crippen LogP contribution in [0.5, 0.6) is 0 Å². The summed E-state index contributed by atoms with van der Waals surface area (Å²) in [4.78, 5) is 2.19. The molecule has 0 bridgehead atoms. The molecule has 0 aliphatic heterocycles. The van der Waals surface area contributed by atoms with E-state index >= 15 is 0 Å². The highest BCUT2D eigenvalue weighted by molar-refractivity contribution is 4.76. The summed E-state index contributed by atoms with van der Waals surface area (Å²) in [5.74, 6) is 0.558. The van der Waals surface area contributed by atoms with Gasteiger partial charge in [-0.05, 0) is 33.9 Å². The first-order chi connectivity index (χ1) is 4.90. The maximum atomic E-state index is 5.37. The van der Waals surface area contributed by atoms with Crippen LogP contribution in [0.25, 0.3) is 0 Å². The van der Waals surface area contributed by atoms with E-state index in [1.807, 2.05) is 0 Å². The maximum absolute atomic E-state index is 5.37. The van der Waals surface area contributed by atoms with Crippen molar-refractivity contribution in [3.63, 3.8) is 0 Å². The largest absolute Gasteiger partial charge is 0.378 e. The van der Waals surface area contributed by atoms with Crippen molar-refractivity contribution in [1.29, 1.82) is 0 Å². The number of nitrogens with zero attached hydrogens (tertiary/aromatic N) is 1. The van der Waals surface area contributed by atoms with Gasteiger partial charge in [0.15, 0.2) is 0 Å². The third-order valence-electron chi connectivity index (χ3n) is 2.35. The molecular weight excluding hydrogens is 138 g/mol. The standard InChI is InChI=1S/C9H21NO/c1-8(7-10(4)5)9(2,3)11-6/h8H,7H2,1-6H3. The maximum Gasteiger partial charge on any atom is 0.0660 e. The summed E-state index contributed by atoms with van der Waals surface area (Å²) in [6, 6.07) is 0. The van der Waals surface area contributed by atoms with Gasteiger partial charge < -0.3 is 9.64 Å². The highest BCUT2D eigenvalue weighted by Gasteiger charge is 2.25. The molecule has 0 aromatic heterocycles. The van der Waals surface area contributed by atoms with Gasteiger partial charge in [0.05, 0.1) is 5.60 Å². The van der Waals surface area contributed by atoms with E-state index in [0.29, 0.717) is 5.92 Å². The number of hydrogen-bond donors (Lipinski definition) is 0. The first-order valence-electron chi connectivity index (χ1n) is 4.10. The van der Waals surface area contributed by atoms with E-state index in [9.17, 15) is 0 Å². The lowest BCUT2D eigenvalue weighted by Gasteiger charge is -2.32. The Kier molecular flexibility index (Phi) is 4.04. The minimum atomic E-state index is -0.00965. The number of ether oxygens (including phenoxy) is 1. The Labute approximate surface area is 70.5 Å². The van der Waals surface area contributed by atoms with Gasteiger partial charge in [-0.25, -0.2) is 0 Å². The van der Waals surface area contributed by atoms with E-state index < -0.39 is 0 Å². The normalized spacial score (nSPS) is 15.5. The number of methoxy groups -OCH3 is 1. The minimum Gasteiger partial charge on any atom is -0.378 e. The lowest BCUT2D eigenvalue weighted by molar-refractivity contribution is -0.0286. The van der Waals surface area contributed by atoms with E-state index in [1.165, 1.54) is 0 Å². The molecule has 0 spiro atoms. The fourth-order valence-electron chi connectivity index (χ4n) is 0.969. The second kappa shape index (κ2) is 4.07. The van der Waals surface area contributed by atoms with Gasteiger partial charge in [-0.15, -0.1) is 0 Å². The predicted molar refractivity (Wildman–Crippen MR) is 48.8 cm³/mol. The molecule has 0 N–H and O–H groups in total. The molecule has 0 rings (SSSR count). The van der Waals surface area contributed by atoms with Crippen LogP contribution in [0.15, 0.2) is 0 Å². The van der Waals surface area contributed by atoms with Crippen LogP contribution in [-0.4, -0.2) is 38.3 Å². The van der Waals surface area contributed by atoms with Crippen LogP contribution < -0.4 is 0 Å². The van der Waals surface area contributed by atoms with Gasteiger partial charge >= 0.3 is 0 Å². The third kappa shape index (κ3) is 3.73. The minimum absolute atomic E-state index is 0.00965. The Hall–Kier alpha value is -0.0800. The SMILES string of the molecule is COC(C)(C)C(C)CN(C)C. The van der Waals surface area contributed by atoms with Gasteiger partial charge in [-0.3, -0.25) is 0 Å². The van der Waals surface area contributed by atoms with Gasteiger partial charge in [0.2, 0.25) is 0 Å². The first-order valence-corrected chi connectivity index (χ1v) is 4.10. The predicted octanol–water partition coefficient (Wildman–Crippen LogP) is 1.61. The average molecular weight is 159 g/mol. The zero-order valence-electron chi connectivity index (χ0n) is 8.64. The quantitative estimate of drug-likeness (QED) is 0.618. The van der Waals surface area contributed by atoms with Crippen LogP contribution in [-0.2, 0) is 4.74 Å². The number of rotatable bonds is 4. The topological polar surface area (TPSA) is 12.5 Å². The second-order valence-electron chi connectivity index (χ2n) is 3.97. The van der Waals surface area contributed by atoms with E-state index in [0.717, 1.165) is 6.54 Å². The molecule has 0 aromatic rings. The molecule has 1 unspecified atom stereocenters. The average Bonchev–Trinajstić information content (AvgIpc) is 1.86. The molecule has 68 valence electrons. The van der Waals surface area contributed by atoms with Crippen LogP contribution in [0.3, 0.4) is 0 Å². The van der Waals surface area contributed by atoms with Crippen molar-refractivity contribution in [3.05, 3.63) is 0 Å². The third-order valence-corrected chi connectivity index (χ3v) is 2.35. The summed E-state index contributed by atoms with van der Waals surface area (Å²) in [5, 5.41) is 0. The zero-order chi connectivity index (χ0) is 9.07. The fraction of sp³-hybridized carbons (Fsp3) is 1.00. The first kappa shape index (κ1) is 10.9. The van der Waals surface area contributed by atoms with Crippen molar-refractivity contribution in [3.8, 4) is 0 Å². The van der Waals surface area contributed by atoms with E-state index in [4.69, 9.17) is 4.74 Å². The molecule has 0 saturated carbocycles. The molecule has 11 heavy (non-hydrogen) atoms. The molecular formula is C9H21NO. The smallest absolute Gasteiger partial charge is 0.0660 e. The zero-order valence-corrected chi connectivity index (χ0v) is 8.64. The molecule has 2 heteroatoms. The summed E-state index contributed by atoms with van der Waals surface area (Å²) < 4.78 is 5.37. The van der Waals surface area contributed by atoms with Crippen LogP contribution in [0, 0.1) is 5.92 Å². The van der Waals surface area contributed by atoms with Crippen molar-refractivity contribution in [2.24, 2.45) is 5.92 Å². The van der Waals surface area contributed by atoms with Crippen LogP contribution in [0.4, 0.5) is 0 Å². The van der Waals surface area contributed by atoms with E-state index in [1.54, 1.807) is 7.11 Å². The second-order valence-corrected chi connectivity index (χ2v) is 3.97. The molecule has 0 aliphatic rings. The monoisotopic (exact) mass is 159 g/mol. The molecule has 0 fully saturated rings. The molecule has 2 nitrogen and oxygen atoms in total. The van der Waals surface area contributed by atoms with Gasteiger partial charge in [0.25, 0.3) is 0 Å². The Morgan fingerprint density at radius 1 is 1.36 bits per heavy atom. The van der Waals surface area contributed by atoms with Crippen molar-refractivity contribution >= 4 is 0 Å². The van der Waals surface area contributed by atoms with Crippen molar-refractivity contribution in [2.75, 3.05) is 27.7 Å². The number of hydrogen-bond acceptors (Lipinski definition) is 2. The summed E-state index contributed by atoms with van der Waals surface area (Å²) in [6.07, 6.45) is 0. The highest BCUT2D eigenvalue weighted by Crippen LogP contribution is 2.19. The molecule has 0 radical (unpaired) electrons. The van der Waals surface area contributed by atoms with Crippen LogP contribution in [0.1, 0.15) is 20.8 Å². The summed E-state index contributed by atoms with van der Waals surface area (Å²) in [6.45, 7) is 7.53. The Morgan fingerprint density at radius 2 is 1.82 bits per heavy atom. The van der Waals surface area contributed by atoms with E-state index in [-0.39, 0.29) is 5.60 Å². The molecule has 0 aliphatic carbocycles.